The van der Waals surface area contributed by atoms with Crippen molar-refractivity contribution in [3.8, 4) is 0 Å². The van der Waals surface area contributed by atoms with Crippen LogP contribution in [0.2, 0.25) is 0 Å². The molecule has 16 heteroatoms. The van der Waals surface area contributed by atoms with Crippen molar-refractivity contribution in [2.24, 2.45) is 57.2 Å². The zero-order chi connectivity index (χ0) is 39.1. The van der Waals surface area contributed by atoms with Crippen LogP contribution in [0.4, 0.5) is 0 Å². The van der Waals surface area contributed by atoms with E-state index in [0.717, 1.165) is 6.92 Å². The van der Waals surface area contributed by atoms with E-state index < -0.39 is 152 Å². The van der Waals surface area contributed by atoms with Crippen LogP contribution in [0, 0.1) is 57.2 Å². The summed E-state index contributed by atoms with van der Waals surface area (Å²) in [5.41, 5.74) is -9.54. The Labute approximate surface area is 310 Å². The Bertz CT molecular complexity index is 1770. The number of hydrogen-bond acceptors (Lipinski definition) is 15. The van der Waals surface area contributed by atoms with E-state index in [1.165, 1.54) is 27.7 Å². The van der Waals surface area contributed by atoms with Crippen molar-refractivity contribution in [2.45, 2.75) is 134 Å². The molecular weight excluding hydrogens is 720 g/mol. The van der Waals surface area contributed by atoms with Crippen LogP contribution in [-0.2, 0) is 57.2 Å². The molecule has 0 amide bonds. The standard InChI is InChI=1S/C37H47ClO15/c1-12-26-37(52-26)33(8,34(9,47)30(46)53-37)29-35(12)11-36(29,51-16(5)42)25-19-20(24(48-13(2)39)28(32(25,35)7)50-15(4)41)31(6)17(22(44)23(19)45)10-18(43)21(38)27(31)49-14(3)40/h12,17-21,23-29,43,45,47H,10-11H2,1-9H3/t12-,17-,18+,19+,20-,21-,23-,24+,25+,26-,27+,28+,29+,31+,32-,33+,34-,35+,36+,37+/m1/s1. The molecule has 0 aromatic carbocycles. The average molecular weight is 767 g/mol. The van der Waals surface area contributed by atoms with Gasteiger partial charge in [0, 0.05) is 68.1 Å². The summed E-state index contributed by atoms with van der Waals surface area (Å²) in [7, 11) is 0. The van der Waals surface area contributed by atoms with E-state index in [-0.39, 0.29) is 12.8 Å². The fraction of sp³-hybridized carbons (Fsp3) is 0.838. The Morgan fingerprint density at radius 2 is 1.47 bits per heavy atom. The van der Waals surface area contributed by atoms with Gasteiger partial charge >= 0.3 is 29.8 Å². The first kappa shape index (κ1) is 37.1. The second kappa shape index (κ2) is 10.5. The van der Waals surface area contributed by atoms with Crippen LogP contribution < -0.4 is 0 Å². The normalized spacial score (nSPS) is 57.8. The summed E-state index contributed by atoms with van der Waals surface area (Å²) >= 11 is 6.86. The Morgan fingerprint density at radius 3 is 2.04 bits per heavy atom. The number of carbonyl (C=O) groups excluding carboxylic acids is 6. The summed E-state index contributed by atoms with van der Waals surface area (Å²) in [5.74, 6) is -12.4. The van der Waals surface area contributed by atoms with Gasteiger partial charge in [0.15, 0.2) is 11.4 Å². The van der Waals surface area contributed by atoms with Gasteiger partial charge in [-0.2, -0.15) is 0 Å². The lowest BCUT2D eigenvalue weighted by Crippen LogP contribution is -2.76. The first-order valence-corrected chi connectivity index (χ1v) is 18.7. The van der Waals surface area contributed by atoms with Crippen LogP contribution >= 0.6 is 11.6 Å². The van der Waals surface area contributed by atoms with Gasteiger partial charge in [0.05, 0.1) is 16.9 Å². The number of rotatable bonds is 4. The van der Waals surface area contributed by atoms with E-state index in [0.29, 0.717) is 0 Å². The summed E-state index contributed by atoms with van der Waals surface area (Å²) in [6.45, 7) is 13.0. The molecule has 1 spiro atoms. The number of aliphatic hydroxyl groups excluding tert-OH is 2. The third-order valence-electron chi connectivity index (χ3n) is 16.1. The molecule has 8 rings (SSSR count). The SMILES string of the molecule is CC(=O)O[C@H]1[C@H]2[C@H]([C@@H]3[C@@]4(OC(C)=O)C[C@@]5([C@H](C)[C@H]6O[C@]67OC(=O)[C@@](C)(O)[C@]7(C)[C@H]45)[C@@]3(C)[C@H]1OC(C)=O)[C@@H](O)C(=O)[C@H]1C[C@H](O)[C@@H](Cl)[C@H](OC(C)=O)[C@]21C. The molecule has 6 aliphatic carbocycles. The van der Waals surface area contributed by atoms with Crippen LogP contribution in [0.3, 0.4) is 0 Å². The highest BCUT2D eigenvalue weighted by Crippen LogP contribution is 2.94. The molecule has 2 heterocycles. The summed E-state index contributed by atoms with van der Waals surface area (Å²) in [6, 6.07) is 0. The molecule has 6 saturated carbocycles. The maximum absolute atomic E-state index is 14.7. The molecule has 8 aliphatic rings. The van der Waals surface area contributed by atoms with Crippen LogP contribution in [0.5, 0.6) is 0 Å². The van der Waals surface area contributed by atoms with Crippen molar-refractivity contribution in [3.05, 3.63) is 0 Å². The number of ether oxygens (including phenoxy) is 6. The minimum Gasteiger partial charge on any atom is -0.460 e. The van der Waals surface area contributed by atoms with Gasteiger partial charge in [-0.1, -0.05) is 20.8 Å². The third kappa shape index (κ3) is 3.73. The number of carbonyl (C=O) groups is 6. The molecule has 53 heavy (non-hydrogen) atoms. The minimum atomic E-state index is -2.19. The average Bonchev–Trinajstić information content (AvgIpc) is 3.63. The van der Waals surface area contributed by atoms with E-state index in [1.807, 2.05) is 6.92 Å². The fourth-order valence-electron chi connectivity index (χ4n) is 14.6. The maximum Gasteiger partial charge on any atom is 0.341 e. The van der Waals surface area contributed by atoms with Crippen molar-refractivity contribution >= 4 is 47.2 Å². The molecule has 8 fully saturated rings. The fourth-order valence-corrected chi connectivity index (χ4v) is 15.0. The first-order chi connectivity index (χ1) is 24.4. The summed E-state index contributed by atoms with van der Waals surface area (Å²) < 4.78 is 37.1. The summed E-state index contributed by atoms with van der Waals surface area (Å²) in [5, 5.41) is 34.5. The number of ketones is 1. The highest BCUT2D eigenvalue weighted by molar-refractivity contribution is 6.21. The van der Waals surface area contributed by atoms with E-state index in [9.17, 15) is 44.1 Å². The van der Waals surface area contributed by atoms with Gasteiger partial charge in [0.25, 0.3) is 0 Å². The van der Waals surface area contributed by atoms with Crippen molar-refractivity contribution < 1.29 is 72.5 Å². The molecule has 0 aromatic rings. The molecule has 292 valence electrons. The topological polar surface area (TPSA) is 222 Å². The number of esters is 5. The number of hydrogen-bond donors (Lipinski definition) is 3. The van der Waals surface area contributed by atoms with Gasteiger partial charge in [0.2, 0.25) is 5.79 Å². The van der Waals surface area contributed by atoms with Crippen LogP contribution in [0.25, 0.3) is 0 Å². The lowest BCUT2D eigenvalue weighted by molar-refractivity contribution is -0.298. The number of alkyl halides is 1. The predicted molar refractivity (Wildman–Crippen MR) is 175 cm³/mol. The quantitative estimate of drug-likeness (QED) is 0.157. The predicted octanol–water partition coefficient (Wildman–Crippen LogP) is 0.969. The molecule has 0 unspecified atom stereocenters. The maximum atomic E-state index is 14.7. The number of Topliss-reactive ketones (excluding diaryl/α,β-unsaturated/α-hetero) is 1. The summed E-state index contributed by atoms with van der Waals surface area (Å²) in [4.78, 5) is 80.9. The van der Waals surface area contributed by atoms with Crippen LogP contribution in [-0.4, -0.2) is 110 Å². The molecule has 15 nitrogen and oxygen atoms in total. The highest BCUT2D eigenvalue weighted by atomic mass is 35.5. The van der Waals surface area contributed by atoms with Crippen molar-refractivity contribution in [1.29, 1.82) is 0 Å². The van der Waals surface area contributed by atoms with E-state index in [2.05, 4.69) is 0 Å². The van der Waals surface area contributed by atoms with Crippen molar-refractivity contribution in [1.82, 2.24) is 0 Å². The Hall–Kier alpha value is -2.85. The van der Waals surface area contributed by atoms with Gasteiger partial charge in [-0.05, 0) is 38.0 Å². The number of aliphatic hydroxyl groups is 3. The van der Waals surface area contributed by atoms with Gasteiger partial charge in [0.1, 0.15) is 36.1 Å². The van der Waals surface area contributed by atoms with Gasteiger partial charge in [-0.15, -0.1) is 11.6 Å². The highest BCUT2D eigenvalue weighted by Gasteiger charge is 3.03. The Kier molecular flexibility index (Phi) is 7.35. The monoisotopic (exact) mass is 766 g/mol. The molecule has 2 saturated heterocycles. The third-order valence-corrected chi connectivity index (χ3v) is 16.6. The number of halogens is 1. The zero-order valence-corrected chi connectivity index (χ0v) is 31.8. The summed E-state index contributed by atoms with van der Waals surface area (Å²) in [6.07, 6.45) is -8.18. The van der Waals surface area contributed by atoms with Gasteiger partial charge in [-0.25, -0.2) is 4.79 Å². The van der Waals surface area contributed by atoms with E-state index in [1.54, 1.807) is 20.8 Å². The van der Waals surface area contributed by atoms with Crippen LogP contribution in [0.15, 0.2) is 0 Å². The van der Waals surface area contributed by atoms with Crippen molar-refractivity contribution in [3.63, 3.8) is 0 Å². The molecule has 20 atom stereocenters. The Morgan fingerprint density at radius 1 is 0.887 bits per heavy atom. The minimum absolute atomic E-state index is 0.0848. The van der Waals surface area contributed by atoms with Gasteiger partial charge in [-0.3, -0.25) is 24.0 Å². The van der Waals surface area contributed by atoms with E-state index >= 15 is 0 Å². The smallest absolute Gasteiger partial charge is 0.341 e. The molecule has 2 aliphatic heterocycles. The molecule has 0 radical (unpaired) electrons. The molecule has 3 N–H and O–H groups in total. The second-order valence-electron chi connectivity index (χ2n) is 17.9. The Balaban J connectivity index is 1.46. The molecular formula is C37H47ClO15. The number of epoxide rings is 1. The first-order valence-electron chi connectivity index (χ1n) is 18.3. The van der Waals surface area contributed by atoms with Crippen LogP contribution in [0.1, 0.15) is 75.2 Å². The zero-order valence-electron chi connectivity index (χ0n) is 31.0. The van der Waals surface area contributed by atoms with Gasteiger partial charge < -0.3 is 43.7 Å². The van der Waals surface area contributed by atoms with Crippen molar-refractivity contribution in [2.75, 3.05) is 0 Å². The second-order valence-corrected chi connectivity index (χ2v) is 18.4. The van der Waals surface area contributed by atoms with E-state index in [4.69, 9.17) is 40.0 Å². The number of fused-ring (bicyclic) bond motifs is 6. The lowest BCUT2D eigenvalue weighted by Gasteiger charge is -2.68. The molecule has 2 bridgehead atoms. The lowest BCUT2D eigenvalue weighted by atomic mass is 9.35. The largest absolute Gasteiger partial charge is 0.460 e. The molecule has 0 aromatic heterocycles.